The van der Waals surface area contributed by atoms with E-state index in [0.717, 1.165) is 42.9 Å². The van der Waals surface area contributed by atoms with E-state index in [0.29, 0.717) is 0 Å². The zero-order valence-electron chi connectivity index (χ0n) is 24.1. The third kappa shape index (κ3) is 7.46. The number of hydrogen-bond donors (Lipinski definition) is 1. The van der Waals surface area contributed by atoms with Crippen LogP contribution in [0.2, 0.25) is 0 Å². The molecule has 0 spiro atoms. The van der Waals surface area contributed by atoms with Gasteiger partial charge in [-0.1, -0.05) is 81.3 Å². The van der Waals surface area contributed by atoms with E-state index in [1.54, 1.807) is 0 Å². The van der Waals surface area contributed by atoms with Gasteiger partial charge in [-0.15, -0.1) is 6.58 Å². The number of anilines is 3. The molecule has 3 aromatic rings. The summed E-state index contributed by atoms with van der Waals surface area (Å²) < 4.78 is 0. The van der Waals surface area contributed by atoms with Gasteiger partial charge >= 0.3 is 0 Å². The molecule has 196 valence electrons. The molecule has 37 heavy (non-hydrogen) atoms. The summed E-state index contributed by atoms with van der Waals surface area (Å²) in [4.78, 5) is 2.35. The van der Waals surface area contributed by atoms with E-state index in [4.69, 9.17) is 5.73 Å². The zero-order valence-corrected chi connectivity index (χ0v) is 24.1. The molecule has 0 saturated carbocycles. The predicted octanol–water partition coefficient (Wildman–Crippen LogP) is 9.54. The lowest BCUT2D eigenvalue weighted by Gasteiger charge is -2.29. The lowest BCUT2D eigenvalue weighted by atomic mass is 9.79. The van der Waals surface area contributed by atoms with E-state index in [-0.39, 0.29) is 10.8 Å². The Kier molecular flexibility index (Phi) is 9.21. The van der Waals surface area contributed by atoms with Crippen molar-refractivity contribution >= 4 is 17.1 Å². The minimum atomic E-state index is -0.0106. The average molecular weight is 495 g/mol. The molecule has 0 aliphatic heterocycles. The van der Waals surface area contributed by atoms with Crippen LogP contribution in [0.3, 0.4) is 0 Å². The maximum Gasteiger partial charge on any atom is 0.0461 e. The number of rotatable bonds is 11. The number of aryl methyl sites for hydroxylation is 1. The Balaban J connectivity index is 2.02. The number of nitrogens with two attached hydrogens (primary N) is 1. The summed E-state index contributed by atoms with van der Waals surface area (Å²) >= 11 is 0. The summed E-state index contributed by atoms with van der Waals surface area (Å²) in [5.41, 5.74) is 15.7. The van der Waals surface area contributed by atoms with Gasteiger partial charge in [-0.05, 0) is 105 Å². The molecule has 0 bridgehead atoms. The molecule has 0 radical (unpaired) electrons. The van der Waals surface area contributed by atoms with Gasteiger partial charge in [0, 0.05) is 22.5 Å². The second-order valence-corrected chi connectivity index (χ2v) is 11.9. The first kappa shape index (κ1) is 28.5. The molecule has 0 fully saturated rings. The number of allylic oxidation sites excluding steroid dienone is 3. The van der Waals surface area contributed by atoms with Crippen molar-refractivity contribution in [3.63, 3.8) is 0 Å². The van der Waals surface area contributed by atoms with E-state index < -0.39 is 0 Å². The molecule has 0 aromatic heterocycles. The summed E-state index contributed by atoms with van der Waals surface area (Å²) in [6, 6.07) is 27.0. The van der Waals surface area contributed by atoms with E-state index in [9.17, 15) is 0 Å². The molecule has 0 atom stereocenters. The van der Waals surface area contributed by atoms with Crippen LogP contribution in [0.25, 0.3) is 0 Å². The predicted molar refractivity (Wildman–Crippen MR) is 163 cm³/mol. The Morgan fingerprint density at radius 3 is 1.65 bits per heavy atom. The lowest BCUT2D eigenvalue weighted by Crippen LogP contribution is -2.18. The third-order valence-corrected chi connectivity index (χ3v) is 7.03. The topological polar surface area (TPSA) is 29.3 Å². The molecule has 0 aliphatic rings. The highest BCUT2D eigenvalue weighted by Crippen LogP contribution is 2.38. The maximum atomic E-state index is 5.73. The SMILES string of the molecule is C=C(C)CC(C)(C)c1ccc(N(c2ccc(CCCN)cc2)c2ccc(C(C)(C)C=C(C)C)cc2)cc1. The van der Waals surface area contributed by atoms with Crippen LogP contribution < -0.4 is 10.6 Å². The summed E-state index contributed by atoms with van der Waals surface area (Å²) in [5, 5.41) is 0. The van der Waals surface area contributed by atoms with Gasteiger partial charge in [-0.3, -0.25) is 0 Å². The quantitative estimate of drug-likeness (QED) is 0.269. The van der Waals surface area contributed by atoms with Gasteiger partial charge < -0.3 is 10.6 Å². The maximum absolute atomic E-state index is 5.73. The molecule has 0 aliphatic carbocycles. The first-order valence-electron chi connectivity index (χ1n) is 13.5. The molecule has 0 heterocycles. The van der Waals surface area contributed by atoms with Crippen molar-refractivity contribution in [3.05, 3.63) is 113 Å². The van der Waals surface area contributed by atoms with E-state index in [1.165, 1.54) is 27.8 Å². The molecular weight excluding hydrogens is 448 g/mol. The Hall–Kier alpha value is -3.10. The molecule has 2 heteroatoms. The van der Waals surface area contributed by atoms with E-state index in [2.05, 4.69) is 139 Å². The Labute approximate surface area is 225 Å². The molecule has 2 N–H and O–H groups in total. The fourth-order valence-corrected chi connectivity index (χ4v) is 5.33. The normalized spacial score (nSPS) is 11.8. The van der Waals surface area contributed by atoms with Gasteiger partial charge in [0.05, 0.1) is 0 Å². The highest BCUT2D eigenvalue weighted by atomic mass is 15.1. The average Bonchev–Trinajstić information content (AvgIpc) is 2.83. The van der Waals surface area contributed by atoms with Gasteiger partial charge in [-0.25, -0.2) is 0 Å². The molecule has 3 aromatic carbocycles. The molecule has 0 amide bonds. The van der Waals surface area contributed by atoms with E-state index >= 15 is 0 Å². The van der Waals surface area contributed by atoms with E-state index in [1.807, 2.05) is 0 Å². The van der Waals surface area contributed by atoms with Crippen LogP contribution in [-0.2, 0) is 17.3 Å². The van der Waals surface area contributed by atoms with Gasteiger partial charge in [0.25, 0.3) is 0 Å². The van der Waals surface area contributed by atoms with Gasteiger partial charge in [0.1, 0.15) is 0 Å². The summed E-state index contributed by atoms with van der Waals surface area (Å²) in [5.74, 6) is 0. The second kappa shape index (κ2) is 12.0. The van der Waals surface area contributed by atoms with Crippen molar-refractivity contribution in [2.24, 2.45) is 5.73 Å². The van der Waals surface area contributed by atoms with Crippen molar-refractivity contribution in [2.75, 3.05) is 11.4 Å². The monoisotopic (exact) mass is 494 g/mol. The van der Waals surface area contributed by atoms with Crippen LogP contribution in [0.4, 0.5) is 17.1 Å². The summed E-state index contributed by atoms with van der Waals surface area (Å²) in [6.07, 6.45) is 5.33. The Morgan fingerprint density at radius 1 is 0.757 bits per heavy atom. The molecule has 0 unspecified atom stereocenters. The van der Waals surface area contributed by atoms with Crippen molar-refractivity contribution in [1.82, 2.24) is 0 Å². The molecule has 0 saturated heterocycles. The van der Waals surface area contributed by atoms with Gasteiger partial charge in [-0.2, -0.15) is 0 Å². The smallest absolute Gasteiger partial charge is 0.0461 e. The Morgan fingerprint density at radius 2 is 1.22 bits per heavy atom. The lowest BCUT2D eigenvalue weighted by molar-refractivity contribution is 0.520. The fourth-order valence-electron chi connectivity index (χ4n) is 5.33. The second-order valence-electron chi connectivity index (χ2n) is 11.9. The van der Waals surface area contributed by atoms with Crippen LogP contribution in [0.15, 0.2) is 96.6 Å². The van der Waals surface area contributed by atoms with Gasteiger partial charge in [0.2, 0.25) is 0 Å². The molecular formula is C35H46N2. The van der Waals surface area contributed by atoms with Crippen molar-refractivity contribution < 1.29 is 0 Å². The largest absolute Gasteiger partial charge is 0.330 e. The van der Waals surface area contributed by atoms with Crippen LogP contribution in [0, 0.1) is 0 Å². The minimum Gasteiger partial charge on any atom is -0.330 e. The summed E-state index contributed by atoms with van der Waals surface area (Å²) in [6.45, 7) is 20.4. The Bertz CT molecular complexity index is 1190. The van der Waals surface area contributed by atoms with Crippen molar-refractivity contribution in [2.45, 2.75) is 78.6 Å². The van der Waals surface area contributed by atoms with Crippen LogP contribution in [0.5, 0.6) is 0 Å². The van der Waals surface area contributed by atoms with Crippen molar-refractivity contribution in [1.29, 1.82) is 0 Å². The van der Waals surface area contributed by atoms with Crippen LogP contribution >= 0.6 is 0 Å². The number of nitrogens with zero attached hydrogens (tertiary/aromatic N) is 1. The first-order chi connectivity index (χ1) is 17.4. The first-order valence-corrected chi connectivity index (χ1v) is 13.5. The highest BCUT2D eigenvalue weighted by molar-refractivity contribution is 5.77. The standard InChI is InChI=1S/C35H46N2/c1-26(2)24-34(5,6)29-13-19-32(20-14-29)37(31-17-11-28(12-18-31)10-9-23-36)33-21-15-30(16-22-33)35(7,8)25-27(3)4/h11-22,25H,1,9-10,23-24,36H2,2-8H3. The fraction of sp³-hybridized carbons (Fsp3) is 0.371. The third-order valence-electron chi connectivity index (χ3n) is 7.03. The molecule has 2 nitrogen and oxygen atoms in total. The minimum absolute atomic E-state index is 0.0106. The summed E-state index contributed by atoms with van der Waals surface area (Å²) in [7, 11) is 0. The van der Waals surface area contributed by atoms with Crippen molar-refractivity contribution in [3.8, 4) is 0 Å². The van der Waals surface area contributed by atoms with Crippen LogP contribution in [0.1, 0.15) is 78.0 Å². The highest BCUT2D eigenvalue weighted by Gasteiger charge is 2.22. The van der Waals surface area contributed by atoms with Crippen LogP contribution in [-0.4, -0.2) is 6.54 Å². The number of hydrogen-bond acceptors (Lipinski definition) is 2. The van der Waals surface area contributed by atoms with Gasteiger partial charge in [0.15, 0.2) is 0 Å². The molecule has 3 rings (SSSR count). The number of benzene rings is 3. The zero-order chi connectivity index (χ0) is 27.2.